The maximum Gasteiger partial charge on any atom is 0.212 e. The van der Waals surface area contributed by atoms with E-state index in [1.807, 2.05) is 6.92 Å². The van der Waals surface area contributed by atoms with Crippen molar-refractivity contribution in [2.75, 3.05) is 12.4 Å². The zero-order valence-corrected chi connectivity index (χ0v) is 12.4. The minimum absolute atomic E-state index is 0.163. The van der Waals surface area contributed by atoms with Gasteiger partial charge >= 0.3 is 0 Å². The molecule has 1 aliphatic rings. The molecule has 106 valence electrons. The Morgan fingerprint density at radius 3 is 3.00 bits per heavy atom. The van der Waals surface area contributed by atoms with Crippen LogP contribution in [0.3, 0.4) is 0 Å². The van der Waals surface area contributed by atoms with E-state index in [1.54, 1.807) is 18.2 Å². The summed E-state index contributed by atoms with van der Waals surface area (Å²) in [5.41, 5.74) is 0.818. The molecule has 0 saturated carbocycles. The molecule has 0 fully saturated rings. The Morgan fingerprint density at radius 2 is 2.26 bits per heavy atom. The second-order valence-corrected chi connectivity index (χ2v) is 6.97. The first-order chi connectivity index (χ1) is 9.02. The van der Waals surface area contributed by atoms with Crippen LogP contribution >= 0.6 is 11.6 Å². The lowest BCUT2D eigenvalue weighted by Gasteiger charge is -2.26. The minimum atomic E-state index is -3.25. The summed E-state index contributed by atoms with van der Waals surface area (Å²) >= 11 is 5.96. The average molecular weight is 304 g/mol. The fourth-order valence-electron chi connectivity index (χ4n) is 2.10. The van der Waals surface area contributed by atoms with Gasteiger partial charge in [0.15, 0.2) is 0 Å². The van der Waals surface area contributed by atoms with Crippen molar-refractivity contribution < 1.29 is 13.2 Å². The van der Waals surface area contributed by atoms with Gasteiger partial charge in [0.2, 0.25) is 10.0 Å². The fourth-order valence-corrected chi connectivity index (χ4v) is 3.74. The summed E-state index contributed by atoms with van der Waals surface area (Å²) in [6, 6.07) is 5.05. The van der Waals surface area contributed by atoms with E-state index < -0.39 is 10.0 Å². The van der Waals surface area contributed by atoms with E-state index in [-0.39, 0.29) is 11.8 Å². The lowest BCUT2D eigenvalue weighted by atomic mass is 10.0. The van der Waals surface area contributed by atoms with Crippen LogP contribution in [0.2, 0.25) is 5.02 Å². The van der Waals surface area contributed by atoms with Crippen molar-refractivity contribution in [3.8, 4) is 5.75 Å². The predicted octanol–water partition coefficient (Wildman–Crippen LogP) is 2.88. The third kappa shape index (κ3) is 3.84. The molecule has 1 aliphatic heterocycles. The van der Waals surface area contributed by atoms with E-state index >= 15 is 0 Å². The van der Waals surface area contributed by atoms with E-state index in [9.17, 15) is 8.42 Å². The van der Waals surface area contributed by atoms with Crippen molar-refractivity contribution in [1.82, 2.24) is 4.72 Å². The number of hydrogen-bond donors (Lipinski definition) is 1. The molecule has 1 atom stereocenters. The molecule has 19 heavy (non-hydrogen) atoms. The molecule has 0 bridgehead atoms. The zero-order chi connectivity index (χ0) is 13.9. The summed E-state index contributed by atoms with van der Waals surface area (Å²) in [4.78, 5) is 0. The second kappa shape index (κ2) is 6.11. The van der Waals surface area contributed by atoms with Gasteiger partial charge in [-0.2, -0.15) is 0 Å². The largest absolute Gasteiger partial charge is 0.493 e. The van der Waals surface area contributed by atoms with Gasteiger partial charge in [-0.05, 0) is 24.6 Å². The summed E-state index contributed by atoms with van der Waals surface area (Å²) in [6.45, 7) is 2.48. The predicted molar refractivity (Wildman–Crippen MR) is 76.1 cm³/mol. The van der Waals surface area contributed by atoms with Gasteiger partial charge in [0, 0.05) is 17.0 Å². The van der Waals surface area contributed by atoms with Crippen LogP contribution in [0, 0.1) is 0 Å². The highest BCUT2D eigenvalue weighted by molar-refractivity contribution is 7.89. The van der Waals surface area contributed by atoms with Crippen molar-refractivity contribution in [2.24, 2.45) is 0 Å². The smallest absolute Gasteiger partial charge is 0.212 e. The molecule has 1 aromatic carbocycles. The van der Waals surface area contributed by atoms with Crippen molar-refractivity contribution in [2.45, 2.75) is 32.2 Å². The minimum Gasteiger partial charge on any atom is -0.493 e. The lowest BCUT2D eigenvalue weighted by Crippen LogP contribution is -2.33. The second-order valence-electron chi connectivity index (χ2n) is 4.66. The van der Waals surface area contributed by atoms with E-state index in [0.29, 0.717) is 30.2 Å². The molecule has 1 N–H and O–H groups in total. The Balaban J connectivity index is 2.17. The Labute approximate surface area is 119 Å². The summed E-state index contributed by atoms with van der Waals surface area (Å²) in [6.07, 6.45) is 2.15. The quantitative estimate of drug-likeness (QED) is 0.910. The number of ether oxygens (including phenoxy) is 1. The number of benzene rings is 1. The third-order valence-electron chi connectivity index (χ3n) is 3.10. The number of rotatable bonds is 5. The fraction of sp³-hybridized carbons (Fsp3) is 0.538. The van der Waals surface area contributed by atoms with Gasteiger partial charge in [0.1, 0.15) is 5.75 Å². The zero-order valence-electron chi connectivity index (χ0n) is 10.9. The molecule has 0 radical (unpaired) electrons. The van der Waals surface area contributed by atoms with Gasteiger partial charge in [0.25, 0.3) is 0 Å². The summed E-state index contributed by atoms with van der Waals surface area (Å²) < 4.78 is 32.2. The van der Waals surface area contributed by atoms with Crippen molar-refractivity contribution >= 4 is 21.6 Å². The van der Waals surface area contributed by atoms with Gasteiger partial charge in [-0.15, -0.1) is 0 Å². The lowest BCUT2D eigenvalue weighted by molar-refractivity contribution is 0.263. The molecule has 1 unspecified atom stereocenters. The Kier molecular flexibility index (Phi) is 4.71. The number of nitrogens with one attached hydrogen (secondary N) is 1. The Morgan fingerprint density at radius 1 is 1.47 bits per heavy atom. The molecule has 1 heterocycles. The van der Waals surface area contributed by atoms with Crippen molar-refractivity contribution in [1.29, 1.82) is 0 Å². The van der Waals surface area contributed by atoms with Crippen molar-refractivity contribution in [3.63, 3.8) is 0 Å². The third-order valence-corrected chi connectivity index (χ3v) is 4.80. The van der Waals surface area contributed by atoms with Crippen LogP contribution in [0.25, 0.3) is 0 Å². The first-order valence-electron chi connectivity index (χ1n) is 6.44. The maximum absolute atomic E-state index is 12.0. The van der Waals surface area contributed by atoms with E-state index in [2.05, 4.69) is 4.72 Å². The standard InChI is InChI=1S/C13H18ClNO3S/c1-2-3-8-19(16,17)15-12-6-7-18-13-5-4-10(14)9-11(12)13/h4-5,9,12,15H,2-3,6-8H2,1H3. The van der Waals surface area contributed by atoms with Gasteiger partial charge in [0.05, 0.1) is 18.4 Å². The molecule has 6 heteroatoms. The van der Waals surface area contributed by atoms with Crippen LogP contribution in [-0.2, 0) is 10.0 Å². The number of sulfonamides is 1. The molecule has 2 rings (SSSR count). The number of unbranched alkanes of at least 4 members (excludes halogenated alkanes) is 1. The van der Waals surface area contributed by atoms with Gasteiger partial charge in [-0.1, -0.05) is 24.9 Å². The van der Waals surface area contributed by atoms with Crippen LogP contribution in [0.15, 0.2) is 18.2 Å². The average Bonchev–Trinajstić information content (AvgIpc) is 2.37. The Hall–Kier alpha value is -0.780. The first kappa shape index (κ1) is 14.6. The van der Waals surface area contributed by atoms with Crippen LogP contribution in [0.1, 0.15) is 37.8 Å². The molecular formula is C13H18ClNO3S. The molecule has 0 spiro atoms. The highest BCUT2D eigenvalue weighted by Crippen LogP contribution is 2.34. The van der Waals surface area contributed by atoms with E-state index in [1.165, 1.54) is 0 Å². The topological polar surface area (TPSA) is 55.4 Å². The molecule has 0 saturated heterocycles. The normalized spacial score (nSPS) is 18.7. The molecule has 0 aromatic heterocycles. The molecular weight excluding hydrogens is 286 g/mol. The van der Waals surface area contributed by atoms with Crippen LogP contribution in [0.5, 0.6) is 5.75 Å². The SMILES string of the molecule is CCCCS(=O)(=O)NC1CCOc2ccc(Cl)cc21. The molecule has 4 nitrogen and oxygen atoms in total. The highest BCUT2D eigenvalue weighted by Gasteiger charge is 2.25. The number of fused-ring (bicyclic) bond motifs is 1. The molecule has 0 amide bonds. The van der Waals surface area contributed by atoms with E-state index in [0.717, 1.165) is 12.0 Å². The molecule has 1 aromatic rings. The summed E-state index contributed by atoms with van der Waals surface area (Å²) in [5, 5.41) is 0.585. The van der Waals surface area contributed by atoms with E-state index in [4.69, 9.17) is 16.3 Å². The summed E-state index contributed by atoms with van der Waals surface area (Å²) in [5.74, 6) is 0.871. The number of hydrogen-bond acceptors (Lipinski definition) is 3. The monoisotopic (exact) mass is 303 g/mol. The van der Waals surface area contributed by atoms with Gasteiger partial charge < -0.3 is 4.74 Å². The van der Waals surface area contributed by atoms with Gasteiger partial charge in [-0.3, -0.25) is 0 Å². The van der Waals surface area contributed by atoms with Crippen LogP contribution in [0.4, 0.5) is 0 Å². The maximum atomic E-state index is 12.0. The van der Waals surface area contributed by atoms with Gasteiger partial charge in [-0.25, -0.2) is 13.1 Å². The van der Waals surface area contributed by atoms with Crippen LogP contribution in [-0.4, -0.2) is 20.8 Å². The molecule has 0 aliphatic carbocycles. The summed E-state index contributed by atoms with van der Waals surface area (Å²) in [7, 11) is -3.25. The van der Waals surface area contributed by atoms with Crippen molar-refractivity contribution in [3.05, 3.63) is 28.8 Å². The highest BCUT2D eigenvalue weighted by atomic mass is 35.5. The number of halogens is 1. The Bertz CT molecular complexity index is 545. The first-order valence-corrected chi connectivity index (χ1v) is 8.47. The van der Waals surface area contributed by atoms with Crippen LogP contribution < -0.4 is 9.46 Å².